The van der Waals surface area contributed by atoms with Gasteiger partial charge in [-0.1, -0.05) is 12.1 Å². The van der Waals surface area contributed by atoms with Gasteiger partial charge in [-0.3, -0.25) is 4.79 Å². The number of halogens is 4. The van der Waals surface area contributed by atoms with Crippen molar-refractivity contribution < 1.29 is 22.4 Å². The summed E-state index contributed by atoms with van der Waals surface area (Å²) in [6.07, 6.45) is -4.56. The quantitative estimate of drug-likeness (QED) is 0.722. The van der Waals surface area contributed by atoms with Crippen LogP contribution >= 0.6 is 0 Å². The molecule has 6 heteroatoms. The SMILES string of the molecule is CC(=O)N(CC(F)(F)F)c1ccccc1F. The van der Waals surface area contributed by atoms with Crippen molar-refractivity contribution in [1.82, 2.24) is 0 Å². The summed E-state index contributed by atoms with van der Waals surface area (Å²) in [5.41, 5.74) is -0.368. The van der Waals surface area contributed by atoms with Crippen LogP contribution in [0.5, 0.6) is 0 Å². The number of carbonyl (C=O) groups is 1. The van der Waals surface area contributed by atoms with Gasteiger partial charge in [0.25, 0.3) is 0 Å². The molecule has 88 valence electrons. The smallest absolute Gasteiger partial charge is 0.301 e. The largest absolute Gasteiger partial charge is 0.406 e. The van der Waals surface area contributed by atoms with Crippen LogP contribution in [0.25, 0.3) is 0 Å². The molecule has 0 saturated carbocycles. The van der Waals surface area contributed by atoms with Crippen molar-refractivity contribution in [2.24, 2.45) is 0 Å². The number of hydrogen-bond acceptors (Lipinski definition) is 1. The predicted octanol–water partition coefficient (Wildman–Crippen LogP) is 2.74. The molecule has 0 aliphatic rings. The summed E-state index contributed by atoms with van der Waals surface area (Å²) in [6, 6.07) is 4.83. The van der Waals surface area contributed by atoms with Crippen molar-refractivity contribution >= 4 is 11.6 Å². The van der Waals surface area contributed by atoms with E-state index in [4.69, 9.17) is 0 Å². The normalized spacial score (nSPS) is 11.3. The van der Waals surface area contributed by atoms with E-state index in [1.807, 2.05) is 0 Å². The zero-order valence-corrected chi connectivity index (χ0v) is 8.38. The van der Waals surface area contributed by atoms with E-state index in [1.165, 1.54) is 12.1 Å². The van der Waals surface area contributed by atoms with E-state index >= 15 is 0 Å². The number of para-hydroxylation sites is 1. The lowest BCUT2D eigenvalue weighted by Gasteiger charge is -2.22. The second-order valence-corrected chi connectivity index (χ2v) is 3.17. The van der Waals surface area contributed by atoms with Crippen molar-refractivity contribution in [1.29, 1.82) is 0 Å². The standard InChI is InChI=1S/C10H9F4NO/c1-7(16)15(6-10(12,13)14)9-5-3-2-4-8(9)11/h2-5H,6H2,1H3. The van der Waals surface area contributed by atoms with E-state index in [-0.39, 0.29) is 5.69 Å². The summed E-state index contributed by atoms with van der Waals surface area (Å²) in [5.74, 6) is -1.72. The lowest BCUT2D eigenvalue weighted by Crippen LogP contribution is -2.38. The van der Waals surface area contributed by atoms with Crippen molar-refractivity contribution in [3.63, 3.8) is 0 Å². The van der Waals surface area contributed by atoms with E-state index < -0.39 is 24.4 Å². The van der Waals surface area contributed by atoms with Crippen LogP contribution in [0.15, 0.2) is 24.3 Å². The monoisotopic (exact) mass is 235 g/mol. The Hall–Kier alpha value is -1.59. The summed E-state index contributed by atoms with van der Waals surface area (Å²) in [6.45, 7) is -0.540. The number of nitrogens with zero attached hydrogens (tertiary/aromatic N) is 1. The second kappa shape index (κ2) is 4.51. The third kappa shape index (κ3) is 3.22. The van der Waals surface area contributed by atoms with Gasteiger partial charge in [0, 0.05) is 6.92 Å². The second-order valence-electron chi connectivity index (χ2n) is 3.17. The molecule has 1 aromatic carbocycles. The van der Waals surface area contributed by atoms with E-state index in [1.54, 1.807) is 0 Å². The lowest BCUT2D eigenvalue weighted by molar-refractivity contribution is -0.131. The molecule has 1 amide bonds. The molecule has 0 spiro atoms. The van der Waals surface area contributed by atoms with Gasteiger partial charge in [0.1, 0.15) is 12.4 Å². The zero-order chi connectivity index (χ0) is 12.3. The zero-order valence-electron chi connectivity index (χ0n) is 8.38. The number of hydrogen-bond donors (Lipinski definition) is 0. The summed E-state index contributed by atoms with van der Waals surface area (Å²) >= 11 is 0. The highest BCUT2D eigenvalue weighted by atomic mass is 19.4. The average molecular weight is 235 g/mol. The van der Waals surface area contributed by atoms with E-state index in [2.05, 4.69) is 0 Å². The van der Waals surface area contributed by atoms with E-state index in [9.17, 15) is 22.4 Å². The highest BCUT2D eigenvalue weighted by Gasteiger charge is 2.33. The van der Waals surface area contributed by atoms with Crippen molar-refractivity contribution in [3.8, 4) is 0 Å². The fourth-order valence-electron chi connectivity index (χ4n) is 1.22. The van der Waals surface area contributed by atoms with Crippen LogP contribution in [-0.4, -0.2) is 18.6 Å². The highest BCUT2D eigenvalue weighted by Crippen LogP contribution is 2.24. The molecule has 0 aromatic heterocycles. The molecule has 0 fully saturated rings. The Labute approximate surface area is 89.5 Å². The summed E-state index contributed by atoms with van der Waals surface area (Å²) in [7, 11) is 0. The number of alkyl halides is 3. The third-order valence-corrected chi connectivity index (χ3v) is 1.86. The molecule has 0 N–H and O–H groups in total. The maximum Gasteiger partial charge on any atom is 0.406 e. The van der Waals surface area contributed by atoms with Gasteiger partial charge in [-0.05, 0) is 12.1 Å². The summed E-state index contributed by atoms with van der Waals surface area (Å²) in [4.78, 5) is 11.4. The van der Waals surface area contributed by atoms with Crippen molar-refractivity contribution in [3.05, 3.63) is 30.1 Å². The summed E-state index contributed by atoms with van der Waals surface area (Å²) in [5, 5.41) is 0. The van der Waals surface area contributed by atoms with Gasteiger partial charge < -0.3 is 4.90 Å². The number of benzene rings is 1. The number of carbonyl (C=O) groups excluding carboxylic acids is 1. The molecule has 1 rings (SSSR count). The van der Waals surface area contributed by atoms with Crippen LogP contribution in [0.3, 0.4) is 0 Å². The molecular formula is C10H9F4NO. The number of amides is 1. The average Bonchev–Trinajstić information content (AvgIpc) is 2.13. The van der Waals surface area contributed by atoms with E-state index in [0.717, 1.165) is 19.1 Å². The molecule has 0 bridgehead atoms. The molecule has 16 heavy (non-hydrogen) atoms. The third-order valence-electron chi connectivity index (χ3n) is 1.86. The van der Waals surface area contributed by atoms with Crippen LogP contribution in [0.2, 0.25) is 0 Å². The molecular weight excluding hydrogens is 226 g/mol. The minimum absolute atomic E-state index is 0.356. The first-order chi connectivity index (χ1) is 7.31. The van der Waals surface area contributed by atoms with Gasteiger partial charge in [-0.2, -0.15) is 13.2 Å². The molecule has 0 saturated heterocycles. The Bertz CT molecular complexity index is 389. The van der Waals surface area contributed by atoms with Crippen LogP contribution in [0.1, 0.15) is 6.92 Å². The number of anilines is 1. The first kappa shape index (κ1) is 12.5. The van der Waals surface area contributed by atoms with Crippen LogP contribution in [0.4, 0.5) is 23.2 Å². The van der Waals surface area contributed by atoms with Gasteiger partial charge in [-0.25, -0.2) is 4.39 Å². The van der Waals surface area contributed by atoms with Gasteiger partial charge in [0.15, 0.2) is 0 Å². The van der Waals surface area contributed by atoms with E-state index in [0.29, 0.717) is 4.90 Å². The predicted molar refractivity (Wildman–Crippen MR) is 50.5 cm³/mol. The van der Waals surface area contributed by atoms with Gasteiger partial charge >= 0.3 is 6.18 Å². The maximum absolute atomic E-state index is 13.2. The van der Waals surface area contributed by atoms with Gasteiger partial charge in [-0.15, -0.1) is 0 Å². The highest BCUT2D eigenvalue weighted by molar-refractivity contribution is 5.91. The molecule has 0 atom stereocenters. The molecule has 0 aliphatic carbocycles. The topological polar surface area (TPSA) is 20.3 Å². The molecule has 0 aliphatic heterocycles. The Morgan fingerprint density at radius 2 is 1.88 bits per heavy atom. The molecule has 0 unspecified atom stereocenters. The minimum atomic E-state index is -4.56. The first-order valence-electron chi connectivity index (χ1n) is 4.40. The van der Waals surface area contributed by atoms with Crippen LogP contribution in [0, 0.1) is 5.82 Å². The van der Waals surface area contributed by atoms with Gasteiger partial charge in [0.2, 0.25) is 5.91 Å². The Morgan fingerprint density at radius 1 is 1.31 bits per heavy atom. The summed E-state index contributed by atoms with van der Waals surface area (Å²) < 4.78 is 49.7. The Morgan fingerprint density at radius 3 is 2.31 bits per heavy atom. The molecule has 2 nitrogen and oxygen atoms in total. The molecule has 0 heterocycles. The van der Waals surface area contributed by atoms with Crippen LogP contribution in [-0.2, 0) is 4.79 Å². The molecule has 1 aromatic rings. The fraction of sp³-hybridized carbons (Fsp3) is 0.300. The fourth-order valence-corrected chi connectivity index (χ4v) is 1.22. The minimum Gasteiger partial charge on any atom is -0.301 e. The number of rotatable bonds is 2. The van der Waals surface area contributed by atoms with Crippen LogP contribution < -0.4 is 4.90 Å². The maximum atomic E-state index is 13.2. The van der Waals surface area contributed by atoms with Crippen molar-refractivity contribution in [2.45, 2.75) is 13.1 Å². The Balaban J connectivity index is 3.04. The van der Waals surface area contributed by atoms with Gasteiger partial charge in [0.05, 0.1) is 5.69 Å². The van der Waals surface area contributed by atoms with Crippen molar-refractivity contribution in [2.75, 3.05) is 11.4 Å². The Kier molecular flexibility index (Phi) is 3.51. The first-order valence-corrected chi connectivity index (χ1v) is 4.40. The molecule has 0 radical (unpaired) electrons. The lowest BCUT2D eigenvalue weighted by atomic mass is 10.2.